The van der Waals surface area contributed by atoms with Crippen molar-refractivity contribution in [3.63, 3.8) is 0 Å². The fraction of sp³-hybridized carbons (Fsp3) is 0.448. The molecule has 1 atom stereocenters. The molecule has 1 heterocycles. The Bertz CT molecular complexity index is 1100. The van der Waals surface area contributed by atoms with Crippen LogP contribution in [-0.2, 0) is 16.1 Å². The number of rotatable bonds is 9. The van der Waals surface area contributed by atoms with Gasteiger partial charge in [0.1, 0.15) is 6.04 Å². The highest BCUT2D eigenvalue weighted by molar-refractivity contribution is 6.21. The molecule has 1 saturated carbocycles. The largest absolute Gasteiger partial charge is 0.352 e. The highest BCUT2D eigenvalue weighted by atomic mass is 16.2. The number of nitrogens with one attached hydrogen (secondary N) is 1. The summed E-state index contributed by atoms with van der Waals surface area (Å²) in [5.74, 6) is -0.939. The summed E-state index contributed by atoms with van der Waals surface area (Å²) in [7, 11) is 0. The molecule has 0 saturated heterocycles. The molecule has 0 aromatic heterocycles. The summed E-state index contributed by atoms with van der Waals surface area (Å²) in [5.41, 5.74) is 2.86. The summed E-state index contributed by atoms with van der Waals surface area (Å²) in [6, 6.07) is 14.2. The number of amides is 4. The predicted molar refractivity (Wildman–Crippen MR) is 137 cm³/mol. The zero-order valence-electron chi connectivity index (χ0n) is 21.2. The molecule has 7 heteroatoms. The van der Waals surface area contributed by atoms with E-state index < -0.39 is 6.04 Å². The molecule has 7 nitrogen and oxygen atoms in total. The maximum atomic E-state index is 13.4. The highest BCUT2D eigenvalue weighted by Crippen LogP contribution is 2.23. The van der Waals surface area contributed by atoms with Crippen LogP contribution in [0, 0.1) is 6.92 Å². The van der Waals surface area contributed by atoms with Crippen LogP contribution in [0.25, 0.3) is 0 Å². The molecule has 0 unspecified atom stereocenters. The van der Waals surface area contributed by atoms with Gasteiger partial charge in [-0.25, -0.2) is 0 Å². The van der Waals surface area contributed by atoms with E-state index in [0.717, 1.165) is 36.8 Å². The molecule has 2 aliphatic rings. The molecule has 0 bridgehead atoms. The Morgan fingerprint density at radius 3 is 2.22 bits per heavy atom. The van der Waals surface area contributed by atoms with Crippen LogP contribution in [0.1, 0.15) is 83.7 Å². The van der Waals surface area contributed by atoms with Crippen molar-refractivity contribution in [3.8, 4) is 0 Å². The Balaban J connectivity index is 1.41. The molecule has 1 fully saturated rings. The normalized spacial score (nSPS) is 16.6. The van der Waals surface area contributed by atoms with Gasteiger partial charge < -0.3 is 10.2 Å². The molecule has 36 heavy (non-hydrogen) atoms. The second kappa shape index (κ2) is 11.5. The Morgan fingerprint density at radius 2 is 1.58 bits per heavy atom. The molecule has 190 valence electrons. The van der Waals surface area contributed by atoms with E-state index in [4.69, 9.17) is 0 Å². The number of hydrogen-bond donors (Lipinski definition) is 1. The summed E-state index contributed by atoms with van der Waals surface area (Å²) >= 11 is 0. The zero-order valence-corrected chi connectivity index (χ0v) is 21.2. The van der Waals surface area contributed by atoms with Crippen LogP contribution in [0.3, 0.4) is 0 Å². The van der Waals surface area contributed by atoms with Crippen molar-refractivity contribution in [3.05, 3.63) is 70.8 Å². The van der Waals surface area contributed by atoms with Gasteiger partial charge in [-0.05, 0) is 56.4 Å². The van der Waals surface area contributed by atoms with Crippen LogP contribution in [-0.4, -0.2) is 52.1 Å². The Labute approximate surface area is 212 Å². The standard InChI is InChI=1S/C29H35N3O4/c1-20-11-6-7-12-22(20)19-32(21(2)27(34)30-23-13-4-3-5-14-23)26(33)17-10-18-31-28(35)24-15-8-9-16-25(24)29(31)36/h6-9,11-12,15-16,21,23H,3-5,10,13-14,17-19H2,1-2H3,(H,30,34)/t21-/m0/s1. The van der Waals surface area contributed by atoms with Crippen LogP contribution >= 0.6 is 0 Å². The van der Waals surface area contributed by atoms with Crippen LogP contribution in [0.4, 0.5) is 0 Å². The van der Waals surface area contributed by atoms with Crippen molar-refractivity contribution in [2.75, 3.05) is 6.54 Å². The Kier molecular flexibility index (Phi) is 8.18. The van der Waals surface area contributed by atoms with Crippen molar-refractivity contribution in [2.24, 2.45) is 0 Å². The molecule has 4 rings (SSSR count). The molecular weight excluding hydrogens is 454 g/mol. The molecule has 2 aromatic carbocycles. The summed E-state index contributed by atoms with van der Waals surface area (Å²) in [6.45, 7) is 4.27. The molecule has 2 aromatic rings. The average Bonchev–Trinajstić information content (AvgIpc) is 3.13. The fourth-order valence-corrected chi connectivity index (χ4v) is 5.10. The third kappa shape index (κ3) is 5.66. The molecular formula is C29H35N3O4. The van der Waals surface area contributed by atoms with E-state index in [0.29, 0.717) is 24.1 Å². The van der Waals surface area contributed by atoms with Crippen molar-refractivity contribution < 1.29 is 19.2 Å². The van der Waals surface area contributed by atoms with E-state index in [2.05, 4.69) is 5.32 Å². The molecule has 1 N–H and O–H groups in total. The highest BCUT2D eigenvalue weighted by Gasteiger charge is 2.35. The lowest BCUT2D eigenvalue weighted by atomic mass is 9.95. The lowest BCUT2D eigenvalue weighted by molar-refractivity contribution is -0.141. The minimum absolute atomic E-state index is 0.135. The number of imide groups is 1. The van der Waals surface area contributed by atoms with Gasteiger partial charge in [-0.2, -0.15) is 0 Å². The van der Waals surface area contributed by atoms with Gasteiger partial charge in [0.15, 0.2) is 0 Å². The van der Waals surface area contributed by atoms with Gasteiger partial charge in [0.05, 0.1) is 11.1 Å². The number of fused-ring (bicyclic) bond motifs is 1. The molecule has 0 spiro atoms. The van der Waals surface area contributed by atoms with Gasteiger partial charge >= 0.3 is 0 Å². The van der Waals surface area contributed by atoms with Crippen molar-refractivity contribution in [1.29, 1.82) is 0 Å². The summed E-state index contributed by atoms with van der Waals surface area (Å²) in [6.07, 6.45) is 5.86. The lowest BCUT2D eigenvalue weighted by Crippen LogP contribution is -2.50. The van der Waals surface area contributed by atoms with Gasteiger partial charge in [-0.1, -0.05) is 55.7 Å². The Hall–Kier alpha value is -3.48. The van der Waals surface area contributed by atoms with E-state index in [1.807, 2.05) is 31.2 Å². The first-order chi connectivity index (χ1) is 17.4. The second-order valence-corrected chi connectivity index (χ2v) is 9.88. The van der Waals surface area contributed by atoms with E-state index in [-0.39, 0.29) is 42.6 Å². The first-order valence-electron chi connectivity index (χ1n) is 13.0. The maximum Gasteiger partial charge on any atom is 0.261 e. The van der Waals surface area contributed by atoms with Crippen LogP contribution < -0.4 is 5.32 Å². The van der Waals surface area contributed by atoms with E-state index in [1.165, 1.54) is 11.3 Å². The van der Waals surface area contributed by atoms with Crippen LogP contribution in [0.5, 0.6) is 0 Å². The first kappa shape index (κ1) is 25.6. The molecule has 1 aliphatic carbocycles. The third-order valence-corrected chi connectivity index (χ3v) is 7.37. The van der Waals surface area contributed by atoms with E-state index in [9.17, 15) is 19.2 Å². The fourth-order valence-electron chi connectivity index (χ4n) is 5.10. The monoisotopic (exact) mass is 489 g/mol. The van der Waals surface area contributed by atoms with E-state index in [1.54, 1.807) is 36.1 Å². The molecule has 1 aliphatic heterocycles. The van der Waals surface area contributed by atoms with Crippen LogP contribution in [0.2, 0.25) is 0 Å². The lowest BCUT2D eigenvalue weighted by Gasteiger charge is -2.31. The minimum Gasteiger partial charge on any atom is -0.352 e. The number of hydrogen-bond acceptors (Lipinski definition) is 4. The van der Waals surface area contributed by atoms with Crippen LogP contribution in [0.15, 0.2) is 48.5 Å². The maximum absolute atomic E-state index is 13.4. The number of carbonyl (C=O) groups excluding carboxylic acids is 4. The molecule has 4 amide bonds. The summed E-state index contributed by atoms with van der Waals surface area (Å²) in [4.78, 5) is 54.7. The van der Waals surface area contributed by atoms with Gasteiger partial charge in [0.25, 0.3) is 11.8 Å². The van der Waals surface area contributed by atoms with Crippen molar-refractivity contribution in [1.82, 2.24) is 15.1 Å². The predicted octanol–water partition coefficient (Wildman–Crippen LogP) is 4.24. The zero-order chi connectivity index (χ0) is 25.7. The average molecular weight is 490 g/mol. The topological polar surface area (TPSA) is 86.8 Å². The Morgan fingerprint density at radius 1 is 0.972 bits per heavy atom. The quantitative estimate of drug-likeness (QED) is 0.534. The SMILES string of the molecule is Cc1ccccc1CN(C(=O)CCCN1C(=O)c2ccccc2C1=O)[C@@H](C)C(=O)NC1CCCCC1. The molecule has 0 radical (unpaired) electrons. The number of aryl methyl sites for hydroxylation is 1. The third-order valence-electron chi connectivity index (χ3n) is 7.37. The van der Waals surface area contributed by atoms with E-state index >= 15 is 0 Å². The van der Waals surface area contributed by atoms with Gasteiger partial charge in [0, 0.05) is 25.6 Å². The number of carbonyl (C=O) groups is 4. The number of nitrogens with zero attached hydrogens (tertiary/aromatic N) is 2. The van der Waals surface area contributed by atoms with Gasteiger partial charge in [-0.3, -0.25) is 24.1 Å². The smallest absolute Gasteiger partial charge is 0.261 e. The van der Waals surface area contributed by atoms with Gasteiger partial charge in [-0.15, -0.1) is 0 Å². The first-order valence-corrected chi connectivity index (χ1v) is 13.0. The van der Waals surface area contributed by atoms with Gasteiger partial charge in [0.2, 0.25) is 11.8 Å². The summed E-state index contributed by atoms with van der Waals surface area (Å²) in [5, 5.41) is 3.15. The summed E-state index contributed by atoms with van der Waals surface area (Å²) < 4.78 is 0. The minimum atomic E-state index is -0.627. The number of benzene rings is 2. The van der Waals surface area contributed by atoms with Crippen molar-refractivity contribution in [2.45, 2.75) is 77.4 Å². The second-order valence-electron chi connectivity index (χ2n) is 9.88. The van der Waals surface area contributed by atoms with Crippen molar-refractivity contribution >= 4 is 23.6 Å².